The van der Waals surface area contributed by atoms with Gasteiger partial charge in [0.1, 0.15) is 5.82 Å². The largest absolute Gasteiger partial charge is 0.481 e. The maximum atomic E-state index is 13.2. The smallest absolute Gasteiger partial charge is 0.308 e. The normalized spacial score (nSPS) is 20.1. The van der Waals surface area contributed by atoms with Crippen LogP contribution >= 0.6 is 11.6 Å². The van der Waals surface area contributed by atoms with Crippen LogP contribution in [0.25, 0.3) is 0 Å². The van der Waals surface area contributed by atoms with Crippen molar-refractivity contribution < 1.29 is 14.3 Å². The number of halogens is 2. The Morgan fingerprint density at radius 2 is 2.31 bits per heavy atom. The highest BCUT2D eigenvalue weighted by atomic mass is 35.5. The van der Waals surface area contributed by atoms with Crippen LogP contribution in [-0.2, 0) is 4.79 Å². The Balaban J connectivity index is 2.14. The van der Waals surface area contributed by atoms with Crippen LogP contribution in [0.1, 0.15) is 6.42 Å². The van der Waals surface area contributed by atoms with Crippen molar-refractivity contribution in [2.75, 3.05) is 18.0 Å². The molecule has 16 heavy (non-hydrogen) atoms. The van der Waals surface area contributed by atoms with Crippen LogP contribution < -0.4 is 4.90 Å². The van der Waals surface area contributed by atoms with E-state index in [9.17, 15) is 9.18 Å². The Bertz CT molecular complexity index is 424. The number of hydrogen-bond donors (Lipinski definition) is 1. The third-order valence-corrected chi connectivity index (χ3v) is 3.11. The van der Waals surface area contributed by atoms with Crippen molar-refractivity contribution in [2.24, 2.45) is 5.92 Å². The van der Waals surface area contributed by atoms with E-state index in [2.05, 4.69) is 0 Å². The molecule has 1 aliphatic rings. The number of benzene rings is 1. The molecule has 1 N–H and O–H groups in total. The minimum Gasteiger partial charge on any atom is -0.481 e. The summed E-state index contributed by atoms with van der Waals surface area (Å²) in [6.07, 6.45) is 0.597. The third-order valence-electron chi connectivity index (χ3n) is 2.81. The van der Waals surface area contributed by atoms with Gasteiger partial charge in [-0.25, -0.2) is 4.39 Å². The predicted octanol–water partition coefficient (Wildman–Crippen LogP) is 2.39. The summed E-state index contributed by atoms with van der Waals surface area (Å²) in [5, 5.41) is 8.94. The van der Waals surface area contributed by atoms with Gasteiger partial charge in [0, 0.05) is 18.8 Å². The van der Waals surface area contributed by atoms with Gasteiger partial charge in [0.25, 0.3) is 0 Å². The number of nitrogens with zero attached hydrogens (tertiary/aromatic N) is 1. The Hall–Kier alpha value is -1.29. The summed E-state index contributed by atoms with van der Waals surface area (Å²) in [6, 6.07) is 4.53. The highest BCUT2D eigenvalue weighted by Gasteiger charge is 2.28. The Morgan fingerprint density at radius 1 is 1.56 bits per heavy atom. The predicted molar refractivity (Wildman–Crippen MR) is 59.4 cm³/mol. The van der Waals surface area contributed by atoms with Crippen molar-refractivity contribution in [3.05, 3.63) is 29.0 Å². The fourth-order valence-corrected chi connectivity index (χ4v) is 2.00. The Morgan fingerprint density at radius 3 is 2.88 bits per heavy atom. The third kappa shape index (κ3) is 2.11. The van der Waals surface area contributed by atoms with E-state index in [1.165, 1.54) is 12.1 Å². The van der Waals surface area contributed by atoms with Crippen LogP contribution in [0.15, 0.2) is 18.2 Å². The molecule has 86 valence electrons. The molecule has 0 amide bonds. The average molecular weight is 244 g/mol. The quantitative estimate of drug-likeness (QED) is 0.867. The number of aliphatic carboxylic acids is 1. The average Bonchev–Trinajstić information content (AvgIpc) is 2.71. The first-order valence-electron chi connectivity index (χ1n) is 5.00. The van der Waals surface area contributed by atoms with Crippen LogP contribution in [0.5, 0.6) is 0 Å². The number of carbonyl (C=O) groups is 1. The van der Waals surface area contributed by atoms with E-state index in [0.29, 0.717) is 25.2 Å². The van der Waals surface area contributed by atoms with Gasteiger partial charge in [0.15, 0.2) is 0 Å². The van der Waals surface area contributed by atoms with Gasteiger partial charge in [0.2, 0.25) is 0 Å². The molecule has 1 aromatic rings. The highest BCUT2D eigenvalue weighted by Crippen LogP contribution is 2.27. The number of carboxylic acid groups (broad SMARTS) is 1. The molecule has 0 aromatic heterocycles. The van der Waals surface area contributed by atoms with E-state index in [4.69, 9.17) is 16.7 Å². The summed E-state index contributed by atoms with van der Waals surface area (Å²) in [5.74, 6) is -1.63. The number of carboxylic acids is 1. The molecule has 0 bridgehead atoms. The molecule has 0 spiro atoms. The fraction of sp³-hybridized carbons (Fsp3) is 0.364. The maximum absolute atomic E-state index is 13.2. The zero-order valence-corrected chi connectivity index (χ0v) is 9.25. The van der Waals surface area contributed by atoms with Crippen molar-refractivity contribution >= 4 is 23.3 Å². The fourth-order valence-electron chi connectivity index (χ4n) is 1.88. The first-order valence-corrected chi connectivity index (χ1v) is 5.38. The van der Waals surface area contributed by atoms with E-state index >= 15 is 0 Å². The summed E-state index contributed by atoms with van der Waals surface area (Å²) in [4.78, 5) is 12.6. The minimum atomic E-state index is -0.795. The highest BCUT2D eigenvalue weighted by molar-refractivity contribution is 6.30. The van der Waals surface area contributed by atoms with Gasteiger partial charge in [-0.2, -0.15) is 0 Å². The second kappa shape index (κ2) is 4.29. The summed E-state index contributed by atoms with van der Waals surface area (Å²) in [7, 11) is 0. The van der Waals surface area contributed by atoms with Gasteiger partial charge in [-0.05, 0) is 24.6 Å². The molecule has 0 unspecified atom stereocenters. The van der Waals surface area contributed by atoms with Crippen molar-refractivity contribution in [1.29, 1.82) is 0 Å². The van der Waals surface area contributed by atoms with Crippen molar-refractivity contribution in [2.45, 2.75) is 6.42 Å². The van der Waals surface area contributed by atoms with Gasteiger partial charge < -0.3 is 10.0 Å². The van der Waals surface area contributed by atoms with E-state index in [1.807, 2.05) is 4.90 Å². The molecular weight excluding hydrogens is 233 g/mol. The maximum Gasteiger partial charge on any atom is 0.308 e. The molecule has 0 radical (unpaired) electrons. The molecule has 3 nitrogen and oxygen atoms in total. The molecule has 1 aliphatic heterocycles. The molecular formula is C11H11ClFNO2. The summed E-state index contributed by atoms with van der Waals surface area (Å²) >= 11 is 5.58. The Kier molecular flexibility index (Phi) is 3.01. The van der Waals surface area contributed by atoms with E-state index in [-0.39, 0.29) is 10.9 Å². The summed E-state index contributed by atoms with van der Waals surface area (Å²) in [6.45, 7) is 1.06. The molecule has 2 rings (SSSR count). The SMILES string of the molecule is O=C(O)[C@H]1CCN(c2ccc(Cl)c(F)c2)C1. The number of rotatable bonds is 2. The summed E-state index contributed by atoms with van der Waals surface area (Å²) in [5.41, 5.74) is 0.686. The van der Waals surface area contributed by atoms with E-state index in [0.717, 1.165) is 0 Å². The molecule has 1 aromatic carbocycles. The monoisotopic (exact) mass is 243 g/mol. The van der Waals surface area contributed by atoms with Gasteiger partial charge in [-0.15, -0.1) is 0 Å². The van der Waals surface area contributed by atoms with Crippen LogP contribution in [0, 0.1) is 11.7 Å². The molecule has 5 heteroatoms. The molecule has 0 aliphatic carbocycles. The standard InChI is InChI=1S/C11H11ClFNO2/c12-9-2-1-8(5-10(9)13)14-4-3-7(6-14)11(15)16/h1-2,5,7H,3-4,6H2,(H,15,16)/t7-/m0/s1. The second-order valence-electron chi connectivity index (χ2n) is 3.87. The number of anilines is 1. The lowest BCUT2D eigenvalue weighted by atomic mass is 10.1. The molecule has 1 heterocycles. The van der Waals surface area contributed by atoms with Crippen LogP contribution in [0.4, 0.5) is 10.1 Å². The zero-order valence-electron chi connectivity index (χ0n) is 8.49. The minimum absolute atomic E-state index is 0.0812. The number of hydrogen-bond acceptors (Lipinski definition) is 2. The van der Waals surface area contributed by atoms with Gasteiger partial charge in [-0.1, -0.05) is 11.6 Å². The van der Waals surface area contributed by atoms with Crippen molar-refractivity contribution in [3.8, 4) is 0 Å². The summed E-state index contributed by atoms with van der Waals surface area (Å²) < 4.78 is 13.2. The second-order valence-corrected chi connectivity index (χ2v) is 4.28. The van der Waals surface area contributed by atoms with Gasteiger partial charge in [-0.3, -0.25) is 4.79 Å². The lowest BCUT2D eigenvalue weighted by molar-refractivity contribution is -0.140. The molecule has 1 fully saturated rings. The van der Waals surface area contributed by atoms with Crippen LogP contribution in [-0.4, -0.2) is 24.2 Å². The van der Waals surface area contributed by atoms with Crippen molar-refractivity contribution in [1.82, 2.24) is 0 Å². The molecule has 0 saturated carbocycles. The van der Waals surface area contributed by atoms with Crippen molar-refractivity contribution in [3.63, 3.8) is 0 Å². The van der Waals surface area contributed by atoms with Crippen LogP contribution in [0.3, 0.4) is 0 Å². The molecule has 1 saturated heterocycles. The zero-order chi connectivity index (χ0) is 11.7. The lowest BCUT2D eigenvalue weighted by Crippen LogP contribution is -2.22. The van der Waals surface area contributed by atoms with Gasteiger partial charge >= 0.3 is 5.97 Å². The van der Waals surface area contributed by atoms with E-state index in [1.54, 1.807) is 6.07 Å². The first-order chi connectivity index (χ1) is 7.58. The topological polar surface area (TPSA) is 40.5 Å². The lowest BCUT2D eigenvalue weighted by Gasteiger charge is -2.18. The van der Waals surface area contributed by atoms with E-state index < -0.39 is 11.8 Å². The first kappa shape index (κ1) is 11.2. The Labute approximate surface area is 97.4 Å². The molecule has 1 atom stereocenters. The van der Waals surface area contributed by atoms with Gasteiger partial charge in [0.05, 0.1) is 10.9 Å². The van der Waals surface area contributed by atoms with Crippen LogP contribution in [0.2, 0.25) is 5.02 Å².